The van der Waals surface area contributed by atoms with Gasteiger partial charge in [-0.15, -0.1) is 0 Å². The first kappa shape index (κ1) is 20.7. The molecule has 2 rings (SSSR count). The number of hydrogen-bond acceptors (Lipinski definition) is 5. The van der Waals surface area contributed by atoms with Crippen molar-refractivity contribution in [3.63, 3.8) is 0 Å². The molecule has 0 fully saturated rings. The van der Waals surface area contributed by atoms with E-state index in [2.05, 4.69) is 25.2 Å². The summed E-state index contributed by atoms with van der Waals surface area (Å²) >= 11 is 29.9. The Hall–Kier alpha value is -0.560. The Kier molecular flexibility index (Phi) is 7.38. The SMILES string of the molecule is CN(C)CCCNc1nc(-c2cc(Cl)cc(Cl)c2)nc(C(Cl)(Cl)Cl)n1. The first-order chi connectivity index (χ1) is 11.6. The van der Waals surface area contributed by atoms with Crippen LogP contribution >= 0.6 is 58.0 Å². The molecule has 1 heterocycles. The number of alkyl halides is 3. The van der Waals surface area contributed by atoms with E-state index in [1.54, 1.807) is 18.2 Å². The van der Waals surface area contributed by atoms with Crippen molar-refractivity contribution in [1.29, 1.82) is 0 Å². The molecule has 1 aromatic carbocycles. The van der Waals surface area contributed by atoms with E-state index in [0.717, 1.165) is 13.0 Å². The third kappa shape index (κ3) is 6.59. The van der Waals surface area contributed by atoms with Crippen LogP contribution in [-0.4, -0.2) is 47.0 Å². The molecule has 0 atom stereocenters. The smallest absolute Gasteiger partial charge is 0.250 e. The van der Waals surface area contributed by atoms with Crippen molar-refractivity contribution >= 4 is 64.0 Å². The maximum atomic E-state index is 6.05. The summed E-state index contributed by atoms with van der Waals surface area (Å²) in [5.74, 6) is 0.658. The van der Waals surface area contributed by atoms with Gasteiger partial charge in [0.25, 0.3) is 0 Å². The summed E-state index contributed by atoms with van der Waals surface area (Å²) in [5.41, 5.74) is 0.603. The Morgan fingerprint density at radius 3 is 2.20 bits per heavy atom. The van der Waals surface area contributed by atoms with Gasteiger partial charge in [-0.2, -0.15) is 9.97 Å². The van der Waals surface area contributed by atoms with E-state index >= 15 is 0 Å². The van der Waals surface area contributed by atoms with Gasteiger partial charge in [-0.1, -0.05) is 58.0 Å². The van der Waals surface area contributed by atoms with Crippen LogP contribution < -0.4 is 5.32 Å². The lowest BCUT2D eigenvalue weighted by atomic mass is 10.2. The van der Waals surface area contributed by atoms with Crippen LogP contribution in [-0.2, 0) is 3.79 Å². The summed E-state index contributed by atoms with van der Waals surface area (Å²) in [6.45, 7) is 1.59. The lowest BCUT2D eigenvalue weighted by molar-refractivity contribution is 0.405. The van der Waals surface area contributed by atoms with Crippen molar-refractivity contribution in [2.24, 2.45) is 0 Å². The highest BCUT2D eigenvalue weighted by Gasteiger charge is 2.28. The molecule has 1 N–H and O–H groups in total. The van der Waals surface area contributed by atoms with Crippen LogP contribution in [0.2, 0.25) is 10.0 Å². The van der Waals surface area contributed by atoms with Crippen molar-refractivity contribution in [1.82, 2.24) is 19.9 Å². The number of hydrogen-bond donors (Lipinski definition) is 1. The monoisotopic (exact) mass is 441 g/mol. The van der Waals surface area contributed by atoms with E-state index in [1.165, 1.54) is 0 Å². The summed E-state index contributed by atoms with van der Waals surface area (Å²) in [6.07, 6.45) is 0.903. The second-order valence-corrected chi connectivity index (χ2v) is 8.70. The van der Waals surface area contributed by atoms with Crippen LogP contribution in [0.5, 0.6) is 0 Å². The normalized spacial score (nSPS) is 11.8. The second kappa shape index (κ2) is 8.89. The third-order valence-corrected chi connectivity index (χ3v) is 4.02. The summed E-state index contributed by atoms with van der Waals surface area (Å²) < 4.78 is -1.78. The first-order valence-electron chi connectivity index (χ1n) is 7.33. The van der Waals surface area contributed by atoms with Gasteiger partial charge in [-0.3, -0.25) is 0 Å². The van der Waals surface area contributed by atoms with E-state index in [4.69, 9.17) is 58.0 Å². The van der Waals surface area contributed by atoms with Crippen LogP contribution in [0.25, 0.3) is 11.4 Å². The van der Waals surface area contributed by atoms with Gasteiger partial charge in [0.15, 0.2) is 11.6 Å². The second-order valence-electron chi connectivity index (χ2n) is 5.55. The van der Waals surface area contributed by atoms with Crippen LogP contribution in [0.3, 0.4) is 0 Å². The van der Waals surface area contributed by atoms with Gasteiger partial charge in [0.2, 0.25) is 9.74 Å². The lowest BCUT2D eigenvalue weighted by Gasteiger charge is -2.14. The maximum absolute atomic E-state index is 6.05. The van der Waals surface area contributed by atoms with E-state index < -0.39 is 3.79 Å². The number of halogens is 5. The Balaban J connectivity index is 2.33. The topological polar surface area (TPSA) is 53.9 Å². The Morgan fingerprint density at radius 1 is 1.00 bits per heavy atom. The van der Waals surface area contributed by atoms with Crippen molar-refractivity contribution in [3.8, 4) is 11.4 Å². The van der Waals surface area contributed by atoms with Crippen LogP contribution in [0.1, 0.15) is 12.2 Å². The van der Waals surface area contributed by atoms with E-state index in [0.29, 0.717) is 33.9 Å². The number of nitrogens with one attached hydrogen (secondary N) is 1. The molecule has 10 heteroatoms. The molecule has 1 aromatic heterocycles. The molecule has 5 nitrogen and oxygen atoms in total. The molecule has 0 unspecified atom stereocenters. The molecule has 136 valence electrons. The van der Waals surface area contributed by atoms with Gasteiger partial charge in [0, 0.05) is 22.2 Å². The van der Waals surface area contributed by atoms with Gasteiger partial charge >= 0.3 is 0 Å². The van der Waals surface area contributed by atoms with Crippen molar-refractivity contribution in [2.45, 2.75) is 10.2 Å². The molecule has 25 heavy (non-hydrogen) atoms. The summed E-state index contributed by atoms with van der Waals surface area (Å²) in [6, 6.07) is 4.98. The molecule has 0 spiro atoms. The standard InChI is InChI=1S/C15H16Cl5N5/c1-25(2)5-3-4-21-14-23-12(22-13(24-14)15(18,19)20)9-6-10(16)8-11(17)7-9/h6-8H,3-5H2,1-2H3,(H,21,22,23,24). The number of aromatic nitrogens is 3. The van der Waals surface area contributed by atoms with E-state index in [-0.39, 0.29) is 5.82 Å². The fourth-order valence-electron chi connectivity index (χ4n) is 1.99. The zero-order valence-electron chi connectivity index (χ0n) is 13.5. The Morgan fingerprint density at radius 2 is 1.64 bits per heavy atom. The first-order valence-corrected chi connectivity index (χ1v) is 9.22. The summed E-state index contributed by atoms with van der Waals surface area (Å²) in [7, 11) is 4.01. The lowest BCUT2D eigenvalue weighted by Crippen LogP contribution is -2.18. The average molecular weight is 444 g/mol. The maximum Gasteiger partial charge on any atom is 0.250 e. The van der Waals surface area contributed by atoms with Gasteiger partial charge < -0.3 is 10.2 Å². The molecule has 0 aliphatic rings. The quantitative estimate of drug-likeness (QED) is 0.501. The number of benzene rings is 1. The minimum absolute atomic E-state index is 0.0220. The minimum Gasteiger partial charge on any atom is -0.354 e. The van der Waals surface area contributed by atoms with Crippen molar-refractivity contribution < 1.29 is 0 Å². The minimum atomic E-state index is -1.78. The highest BCUT2D eigenvalue weighted by Crippen LogP contribution is 2.37. The molecule has 0 aliphatic heterocycles. The molecule has 0 saturated carbocycles. The molecule has 0 amide bonds. The molecule has 0 radical (unpaired) electrons. The predicted molar refractivity (Wildman–Crippen MR) is 106 cm³/mol. The summed E-state index contributed by atoms with van der Waals surface area (Å²) in [4.78, 5) is 14.9. The number of anilines is 1. The molecule has 0 bridgehead atoms. The van der Waals surface area contributed by atoms with Gasteiger partial charge in [-0.25, -0.2) is 4.98 Å². The zero-order chi connectivity index (χ0) is 18.6. The molecule has 0 aliphatic carbocycles. The predicted octanol–water partition coefficient (Wildman–Crippen LogP) is 5.04. The fourth-order valence-corrected chi connectivity index (χ4v) is 2.77. The van der Waals surface area contributed by atoms with Gasteiger partial charge in [0.1, 0.15) is 0 Å². The van der Waals surface area contributed by atoms with Gasteiger partial charge in [0.05, 0.1) is 0 Å². The largest absolute Gasteiger partial charge is 0.354 e. The van der Waals surface area contributed by atoms with Gasteiger partial charge in [-0.05, 0) is 45.3 Å². The highest BCUT2D eigenvalue weighted by atomic mass is 35.6. The Bertz CT molecular complexity index is 712. The van der Waals surface area contributed by atoms with Crippen molar-refractivity contribution in [3.05, 3.63) is 34.1 Å². The van der Waals surface area contributed by atoms with E-state index in [9.17, 15) is 0 Å². The molecule has 2 aromatic rings. The third-order valence-electron chi connectivity index (χ3n) is 3.07. The van der Waals surface area contributed by atoms with E-state index in [1.807, 2.05) is 14.1 Å². The van der Waals surface area contributed by atoms with Crippen LogP contribution in [0, 0.1) is 0 Å². The fraction of sp³-hybridized carbons (Fsp3) is 0.400. The van der Waals surface area contributed by atoms with Crippen LogP contribution in [0.4, 0.5) is 5.95 Å². The zero-order valence-corrected chi connectivity index (χ0v) is 17.3. The molecular weight excluding hydrogens is 427 g/mol. The molecule has 0 saturated heterocycles. The van der Waals surface area contributed by atoms with Crippen LogP contribution in [0.15, 0.2) is 18.2 Å². The van der Waals surface area contributed by atoms with Crippen molar-refractivity contribution in [2.75, 3.05) is 32.5 Å². The highest BCUT2D eigenvalue weighted by molar-refractivity contribution is 6.66. The number of rotatable bonds is 6. The Labute approximate surface area is 171 Å². The summed E-state index contributed by atoms with van der Waals surface area (Å²) in [5, 5.41) is 4.04. The average Bonchev–Trinajstić information content (AvgIpc) is 2.49. The number of nitrogens with zero attached hydrogens (tertiary/aromatic N) is 4. The molecular formula is C15H16Cl5N5.